The van der Waals surface area contributed by atoms with Crippen LogP contribution in [0.5, 0.6) is 0 Å². The SMILES string of the molecule is CCCCCCCCCCCCCCCCCC1N(C)C=CN1CCCCCCCCCCCCCCCC. The Morgan fingerprint density at radius 3 is 1.05 bits per heavy atom. The summed E-state index contributed by atoms with van der Waals surface area (Å²) in [5.74, 6) is 0. The summed E-state index contributed by atoms with van der Waals surface area (Å²) in [5.41, 5.74) is 0. The molecular formula is C37H74N2. The minimum Gasteiger partial charge on any atom is -0.359 e. The van der Waals surface area contributed by atoms with Crippen molar-refractivity contribution in [1.29, 1.82) is 0 Å². The first kappa shape index (κ1) is 36.4. The van der Waals surface area contributed by atoms with Crippen LogP contribution in [0.1, 0.15) is 206 Å². The van der Waals surface area contributed by atoms with Gasteiger partial charge in [0.2, 0.25) is 0 Å². The van der Waals surface area contributed by atoms with Crippen molar-refractivity contribution in [3.8, 4) is 0 Å². The molecule has 0 aromatic heterocycles. The van der Waals surface area contributed by atoms with Gasteiger partial charge in [0.25, 0.3) is 0 Å². The Kier molecular flexibility index (Phi) is 26.9. The fourth-order valence-corrected chi connectivity index (χ4v) is 6.40. The Bertz CT molecular complexity index is 502. The second kappa shape index (κ2) is 28.9. The molecule has 0 N–H and O–H groups in total. The van der Waals surface area contributed by atoms with E-state index in [0.717, 1.165) is 0 Å². The number of rotatable bonds is 31. The van der Waals surface area contributed by atoms with Crippen LogP contribution in [0.25, 0.3) is 0 Å². The van der Waals surface area contributed by atoms with E-state index >= 15 is 0 Å². The number of hydrogen-bond acceptors (Lipinski definition) is 2. The molecule has 1 heterocycles. The summed E-state index contributed by atoms with van der Waals surface area (Å²) in [5, 5.41) is 0. The summed E-state index contributed by atoms with van der Waals surface area (Å²) in [6.07, 6.45) is 48.6. The van der Waals surface area contributed by atoms with E-state index in [4.69, 9.17) is 0 Å². The molecule has 39 heavy (non-hydrogen) atoms. The van der Waals surface area contributed by atoms with Gasteiger partial charge in [0.1, 0.15) is 6.17 Å². The van der Waals surface area contributed by atoms with E-state index in [1.807, 2.05) is 0 Å². The largest absolute Gasteiger partial charge is 0.359 e. The highest BCUT2D eigenvalue weighted by Gasteiger charge is 2.22. The molecule has 232 valence electrons. The van der Waals surface area contributed by atoms with Crippen LogP contribution in [0, 0.1) is 0 Å². The highest BCUT2D eigenvalue weighted by Crippen LogP contribution is 2.22. The van der Waals surface area contributed by atoms with Crippen molar-refractivity contribution in [2.45, 2.75) is 213 Å². The van der Waals surface area contributed by atoms with Crippen LogP contribution in [-0.4, -0.2) is 29.6 Å². The Hall–Kier alpha value is -0.660. The van der Waals surface area contributed by atoms with Crippen LogP contribution in [0.3, 0.4) is 0 Å². The summed E-state index contributed by atoms with van der Waals surface area (Å²) in [6, 6.07) is 0. The van der Waals surface area contributed by atoms with Crippen molar-refractivity contribution >= 4 is 0 Å². The predicted octanol–water partition coefficient (Wildman–Crippen LogP) is 12.8. The van der Waals surface area contributed by atoms with Crippen LogP contribution in [0.2, 0.25) is 0 Å². The minimum atomic E-state index is 0.619. The van der Waals surface area contributed by atoms with Gasteiger partial charge >= 0.3 is 0 Å². The van der Waals surface area contributed by atoms with E-state index in [-0.39, 0.29) is 0 Å². The molecule has 2 nitrogen and oxygen atoms in total. The fourth-order valence-electron chi connectivity index (χ4n) is 6.40. The molecule has 0 radical (unpaired) electrons. The lowest BCUT2D eigenvalue weighted by Gasteiger charge is -2.30. The lowest BCUT2D eigenvalue weighted by atomic mass is 10.0. The molecule has 0 saturated heterocycles. The highest BCUT2D eigenvalue weighted by molar-refractivity contribution is 4.95. The third kappa shape index (κ3) is 22.7. The van der Waals surface area contributed by atoms with Gasteiger partial charge in [0, 0.05) is 26.0 Å². The molecule has 0 saturated carbocycles. The van der Waals surface area contributed by atoms with Crippen molar-refractivity contribution in [2.24, 2.45) is 0 Å². The van der Waals surface area contributed by atoms with Gasteiger partial charge in [-0.1, -0.05) is 187 Å². The van der Waals surface area contributed by atoms with Gasteiger partial charge in [0.15, 0.2) is 0 Å². The van der Waals surface area contributed by atoms with E-state index < -0.39 is 0 Å². The maximum absolute atomic E-state index is 2.63. The quantitative estimate of drug-likeness (QED) is 0.0798. The first-order chi connectivity index (χ1) is 19.3. The average molecular weight is 547 g/mol. The van der Waals surface area contributed by atoms with E-state index in [1.54, 1.807) is 0 Å². The molecule has 0 amide bonds. The van der Waals surface area contributed by atoms with Crippen LogP contribution in [0.4, 0.5) is 0 Å². The molecule has 0 aromatic rings. The average Bonchev–Trinajstić information content (AvgIpc) is 3.29. The molecule has 1 atom stereocenters. The third-order valence-electron chi connectivity index (χ3n) is 9.18. The monoisotopic (exact) mass is 547 g/mol. The molecule has 1 aliphatic rings. The first-order valence-corrected chi connectivity index (χ1v) is 18.5. The smallest absolute Gasteiger partial charge is 0.100 e. The second-order valence-electron chi connectivity index (χ2n) is 13.0. The van der Waals surface area contributed by atoms with Crippen molar-refractivity contribution in [2.75, 3.05) is 13.6 Å². The third-order valence-corrected chi connectivity index (χ3v) is 9.18. The molecule has 1 unspecified atom stereocenters. The van der Waals surface area contributed by atoms with Crippen molar-refractivity contribution in [3.63, 3.8) is 0 Å². The summed E-state index contributed by atoms with van der Waals surface area (Å²) in [7, 11) is 2.28. The zero-order valence-electron chi connectivity index (χ0n) is 27.5. The van der Waals surface area contributed by atoms with Crippen molar-refractivity contribution in [1.82, 2.24) is 9.80 Å². The minimum absolute atomic E-state index is 0.619. The maximum Gasteiger partial charge on any atom is 0.100 e. The van der Waals surface area contributed by atoms with Gasteiger partial charge in [-0.05, 0) is 19.3 Å². The van der Waals surface area contributed by atoms with E-state index in [0.29, 0.717) is 6.17 Å². The van der Waals surface area contributed by atoms with Gasteiger partial charge in [0.05, 0.1) is 0 Å². The molecule has 2 heteroatoms. The number of nitrogens with zero attached hydrogens (tertiary/aromatic N) is 2. The predicted molar refractivity (Wildman–Crippen MR) is 177 cm³/mol. The van der Waals surface area contributed by atoms with Gasteiger partial charge in [-0.15, -0.1) is 0 Å². The molecular weight excluding hydrogens is 472 g/mol. The van der Waals surface area contributed by atoms with Gasteiger partial charge in [-0.2, -0.15) is 0 Å². The topological polar surface area (TPSA) is 6.48 Å². The Morgan fingerprint density at radius 1 is 0.385 bits per heavy atom. The number of hydrogen-bond donors (Lipinski definition) is 0. The molecule has 0 fully saturated rings. The standard InChI is InChI=1S/C37H74N2/c1-4-6-8-10-12-14-16-18-20-21-23-25-27-29-31-33-37-38(3)35-36-39(37)34-32-30-28-26-24-22-19-17-15-13-11-9-7-5-2/h35-37H,4-34H2,1-3H3. The molecule has 1 rings (SSSR count). The van der Waals surface area contributed by atoms with Gasteiger partial charge in [-0.3, -0.25) is 0 Å². The van der Waals surface area contributed by atoms with Crippen LogP contribution in [0.15, 0.2) is 12.4 Å². The van der Waals surface area contributed by atoms with Crippen LogP contribution < -0.4 is 0 Å². The number of unbranched alkanes of at least 4 members (excludes halogenated alkanes) is 27. The normalized spacial score (nSPS) is 15.2. The molecule has 0 bridgehead atoms. The van der Waals surface area contributed by atoms with Crippen LogP contribution in [-0.2, 0) is 0 Å². The zero-order valence-corrected chi connectivity index (χ0v) is 27.5. The first-order valence-electron chi connectivity index (χ1n) is 18.5. The summed E-state index contributed by atoms with van der Waals surface area (Å²) < 4.78 is 0. The molecule has 0 aromatic carbocycles. The Balaban J connectivity index is 1.87. The molecule has 0 spiro atoms. The zero-order chi connectivity index (χ0) is 28.1. The molecule has 1 aliphatic heterocycles. The lowest BCUT2D eigenvalue weighted by Crippen LogP contribution is -2.37. The Labute approximate surface area is 248 Å². The summed E-state index contributed by atoms with van der Waals surface area (Å²) >= 11 is 0. The van der Waals surface area contributed by atoms with E-state index in [1.165, 1.54) is 199 Å². The van der Waals surface area contributed by atoms with Crippen molar-refractivity contribution < 1.29 is 0 Å². The fraction of sp³-hybridized carbons (Fsp3) is 0.946. The Morgan fingerprint density at radius 2 is 0.692 bits per heavy atom. The van der Waals surface area contributed by atoms with Gasteiger partial charge in [-0.25, -0.2) is 0 Å². The highest BCUT2D eigenvalue weighted by atomic mass is 15.4. The van der Waals surface area contributed by atoms with Crippen LogP contribution >= 0.6 is 0 Å². The van der Waals surface area contributed by atoms with E-state index in [2.05, 4.69) is 43.1 Å². The second-order valence-corrected chi connectivity index (χ2v) is 13.0. The summed E-state index contributed by atoms with van der Waals surface area (Å²) in [4.78, 5) is 5.08. The van der Waals surface area contributed by atoms with Crippen molar-refractivity contribution in [3.05, 3.63) is 12.4 Å². The van der Waals surface area contributed by atoms with Gasteiger partial charge < -0.3 is 9.80 Å². The van der Waals surface area contributed by atoms with E-state index in [9.17, 15) is 0 Å². The summed E-state index contributed by atoms with van der Waals surface area (Å²) in [6.45, 7) is 5.87. The maximum atomic E-state index is 2.63. The molecule has 0 aliphatic carbocycles. The lowest BCUT2D eigenvalue weighted by molar-refractivity contribution is 0.159.